The van der Waals surface area contributed by atoms with E-state index in [2.05, 4.69) is 0 Å². The molecule has 0 heterocycles. The van der Waals surface area contributed by atoms with Gasteiger partial charge in [-0.3, -0.25) is 0 Å². The van der Waals surface area contributed by atoms with Gasteiger partial charge >= 0.3 is 66.5 Å². The van der Waals surface area contributed by atoms with E-state index in [1.165, 1.54) is 0 Å². The number of carbonyl (C=O) groups is 1. The number of carboxylic acids is 1. The van der Waals surface area contributed by atoms with Crippen molar-refractivity contribution >= 4 is 24.8 Å². The molecule has 18 heteroatoms. The molecule has 0 radical (unpaired) electrons. The van der Waals surface area contributed by atoms with Gasteiger partial charge in [0.05, 0.1) is 0 Å². The fourth-order valence-corrected chi connectivity index (χ4v) is 1.10. The van der Waals surface area contributed by atoms with Crippen molar-refractivity contribution in [3.8, 4) is 0 Å². The molecule has 0 saturated carbocycles. The molecule has 0 aliphatic heterocycles. The van der Waals surface area contributed by atoms with Crippen LogP contribution in [0.15, 0.2) is 0 Å². The summed E-state index contributed by atoms with van der Waals surface area (Å²) >= 11 is 0. The molecule has 0 aromatic carbocycles. The second-order valence-corrected chi connectivity index (χ2v) is 4.25. The van der Waals surface area contributed by atoms with Gasteiger partial charge in [0.25, 0.3) is 0 Å². The van der Waals surface area contributed by atoms with Gasteiger partial charge in [-0.05, 0) is 0 Å². The SMILES string of the molecule is O=C(O)C(F)(F)C(F)(F)C(F)(F)C(F)(F)C(F)(F)C(F)(F)C(F)(F)F.[LiH]. The molecule has 26 heavy (non-hydrogen) atoms. The topological polar surface area (TPSA) is 37.3 Å². The van der Waals surface area contributed by atoms with Gasteiger partial charge in [-0.25, -0.2) is 4.79 Å². The van der Waals surface area contributed by atoms with Gasteiger partial charge in [0.1, 0.15) is 0 Å². The third-order valence-corrected chi connectivity index (χ3v) is 2.60. The fourth-order valence-electron chi connectivity index (χ4n) is 1.10. The van der Waals surface area contributed by atoms with E-state index in [1.807, 2.05) is 0 Å². The van der Waals surface area contributed by atoms with Crippen molar-refractivity contribution in [1.82, 2.24) is 0 Å². The van der Waals surface area contributed by atoms with Crippen LogP contribution in [0.5, 0.6) is 0 Å². The summed E-state index contributed by atoms with van der Waals surface area (Å²) in [4.78, 5) is 9.72. The van der Waals surface area contributed by atoms with Crippen molar-refractivity contribution in [1.29, 1.82) is 0 Å². The Kier molecular flexibility index (Phi) is 6.88. The van der Waals surface area contributed by atoms with Crippen LogP contribution < -0.4 is 0 Å². The first kappa shape index (κ1) is 27.2. The van der Waals surface area contributed by atoms with Crippen LogP contribution in [0.25, 0.3) is 0 Å². The first-order valence-electron chi connectivity index (χ1n) is 5.01. The average Bonchev–Trinajstić information content (AvgIpc) is 2.35. The molecule has 0 unspecified atom stereocenters. The van der Waals surface area contributed by atoms with Crippen molar-refractivity contribution in [2.75, 3.05) is 0 Å². The van der Waals surface area contributed by atoms with E-state index in [9.17, 15) is 70.7 Å². The summed E-state index contributed by atoms with van der Waals surface area (Å²) in [7, 11) is 0. The number of alkyl halides is 15. The predicted molar refractivity (Wildman–Crippen MR) is 50.5 cm³/mol. The number of carboxylic acid groups (broad SMARTS) is 1. The second kappa shape index (κ2) is 6.57. The predicted octanol–water partition coefficient (Wildman–Crippen LogP) is 3.80. The molecule has 0 aromatic heterocycles. The van der Waals surface area contributed by atoms with E-state index >= 15 is 0 Å². The van der Waals surface area contributed by atoms with Crippen molar-refractivity contribution < 1.29 is 75.8 Å². The first-order valence-corrected chi connectivity index (χ1v) is 5.01. The molecule has 1 N–H and O–H groups in total. The molecule has 152 valence electrons. The Hall–Kier alpha value is -0.983. The summed E-state index contributed by atoms with van der Waals surface area (Å²) in [5.41, 5.74) is 0. The molecular weight excluding hydrogens is 420 g/mol. The van der Waals surface area contributed by atoms with Crippen LogP contribution >= 0.6 is 0 Å². The average molecular weight is 422 g/mol. The Morgan fingerprint density at radius 2 is 0.731 bits per heavy atom. The Bertz CT molecular complexity index is 536. The molecule has 0 saturated heterocycles. The summed E-state index contributed by atoms with van der Waals surface area (Å²) in [6, 6.07) is 0. The normalized spacial score (nSPS) is 15.5. The van der Waals surface area contributed by atoms with Crippen LogP contribution in [-0.2, 0) is 4.79 Å². The maximum atomic E-state index is 12.8. The summed E-state index contributed by atoms with van der Waals surface area (Å²) in [6.07, 6.45) is -7.69. The van der Waals surface area contributed by atoms with Crippen molar-refractivity contribution in [3.05, 3.63) is 0 Å². The van der Waals surface area contributed by atoms with Crippen LogP contribution in [0.4, 0.5) is 65.9 Å². The van der Waals surface area contributed by atoms with Crippen LogP contribution in [0.3, 0.4) is 0 Å². The number of aliphatic carboxylic acids is 1. The number of hydrogen-bond acceptors (Lipinski definition) is 1. The van der Waals surface area contributed by atoms with E-state index < -0.39 is 47.7 Å². The number of rotatable bonds is 6. The molecule has 0 fully saturated rings. The van der Waals surface area contributed by atoms with Gasteiger partial charge in [0.15, 0.2) is 0 Å². The van der Waals surface area contributed by atoms with Gasteiger partial charge in [-0.1, -0.05) is 0 Å². The molecule has 0 aromatic rings. The molecule has 0 atom stereocenters. The first-order chi connectivity index (χ1) is 10.4. The molecule has 0 spiro atoms. The zero-order valence-electron chi connectivity index (χ0n) is 10.5. The number of hydrogen-bond donors (Lipinski definition) is 1. The quantitative estimate of drug-likeness (QED) is 0.523. The van der Waals surface area contributed by atoms with Gasteiger partial charge in [0.2, 0.25) is 0 Å². The monoisotopic (exact) mass is 422 g/mol. The third kappa shape index (κ3) is 3.20. The summed E-state index contributed by atoms with van der Waals surface area (Å²) in [5.74, 6) is -52.8. The van der Waals surface area contributed by atoms with Crippen LogP contribution in [0, 0.1) is 0 Å². The zero-order chi connectivity index (χ0) is 21.1. The standard InChI is InChI=1S/C8HF15O2.Li.H/c9-2(10,1(24)25)3(11,12)4(13,14)5(15,16)6(17,18)7(19,20)8(21,22)23;;/h(H,24,25);;. The number of halogens is 15. The summed E-state index contributed by atoms with van der Waals surface area (Å²) in [5, 5.41) is 7.57. The molecule has 0 aliphatic carbocycles. The Labute approximate surface area is 143 Å². The van der Waals surface area contributed by atoms with Gasteiger partial charge < -0.3 is 5.11 Å². The maximum absolute atomic E-state index is 12.8. The van der Waals surface area contributed by atoms with Crippen molar-refractivity contribution in [2.45, 2.75) is 41.7 Å². The Morgan fingerprint density at radius 3 is 0.962 bits per heavy atom. The summed E-state index contributed by atoms with van der Waals surface area (Å²) in [6.45, 7) is 0. The third-order valence-electron chi connectivity index (χ3n) is 2.60. The van der Waals surface area contributed by atoms with Crippen LogP contribution in [-0.4, -0.2) is 71.6 Å². The molecule has 0 bridgehead atoms. The van der Waals surface area contributed by atoms with Crippen LogP contribution in [0.1, 0.15) is 0 Å². The van der Waals surface area contributed by atoms with Crippen molar-refractivity contribution in [3.63, 3.8) is 0 Å². The minimum atomic E-state index is -8.47. The van der Waals surface area contributed by atoms with Crippen molar-refractivity contribution in [2.24, 2.45) is 0 Å². The molecular formula is C8H2F15LiO2. The summed E-state index contributed by atoms with van der Waals surface area (Å²) < 4.78 is 187. The minimum absolute atomic E-state index is 0. The fraction of sp³-hybridized carbons (Fsp3) is 0.875. The van der Waals surface area contributed by atoms with Gasteiger partial charge in [0, 0.05) is 0 Å². The molecule has 2 nitrogen and oxygen atoms in total. The van der Waals surface area contributed by atoms with E-state index in [1.54, 1.807) is 0 Å². The van der Waals surface area contributed by atoms with E-state index in [4.69, 9.17) is 5.11 Å². The van der Waals surface area contributed by atoms with E-state index in [-0.39, 0.29) is 18.9 Å². The van der Waals surface area contributed by atoms with Gasteiger partial charge in [-0.2, -0.15) is 65.9 Å². The Morgan fingerprint density at radius 1 is 0.500 bits per heavy atom. The molecule has 0 aliphatic rings. The zero-order valence-corrected chi connectivity index (χ0v) is 10.5. The molecule has 0 rings (SSSR count). The van der Waals surface area contributed by atoms with Crippen LogP contribution in [0.2, 0.25) is 0 Å². The van der Waals surface area contributed by atoms with E-state index in [0.29, 0.717) is 0 Å². The Balaban J connectivity index is 0. The second-order valence-electron chi connectivity index (χ2n) is 4.25. The van der Waals surface area contributed by atoms with E-state index in [0.717, 1.165) is 0 Å². The molecule has 0 amide bonds. The van der Waals surface area contributed by atoms with Gasteiger partial charge in [-0.15, -0.1) is 0 Å².